The van der Waals surface area contributed by atoms with E-state index in [2.05, 4.69) is 28.0 Å². The van der Waals surface area contributed by atoms with Crippen LogP contribution in [0.25, 0.3) is 11.1 Å². The molecule has 0 aliphatic heterocycles. The summed E-state index contributed by atoms with van der Waals surface area (Å²) in [5.41, 5.74) is 8.86. The molecular formula is C15H19BrN2O. The molecule has 19 heavy (non-hydrogen) atoms. The second-order valence-corrected chi connectivity index (χ2v) is 5.51. The number of aromatic nitrogens is 1. The third-order valence-electron chi connectivity index (χ3n) is 3.20. The minimum absolute atomic E-state index is 0.400. The van der Waals surface area contributed by atoms with Crippen LogP contribution in [0.15, 0.2) is 33.3 Å². The van der Waals surface area contributed by atoms with E-state index in [1.807, 2.05) is 24.3 Å². The highest BCUT2D eigenvalue weighted by molar-refractivity contribution is 9.10. The Kier molecular flexibility index (Phi) is 5.02. The van der Waals surface area contributed by atoms with E-state index >= 15 is 0 Å². The van der Waals surface area contributed by atoms with E-state index in [-0.39, 0.29) is 0 Å². The lowest BCUT2D eigenvalue weighted by atomic mass is 10.0. The first-order valence-electron chi connectivity index (χ1n) is 6.73. The molecule has 0 aliphatic rings. The molecule has 1 aromatic carbocycles. The summed E-state index contributed by atoms with van der Waals surface area (Å²) in [5, 5.41) is 4.11. The number of anilines is 1. The molecule has 102 valence electrons. The highest BCUT2D eigenvalue weighted by Gasteiger charge is 2.17. The number of aryl methyl sites for hydroxylation is 1. The average Bonchev–Trinajstić information content (AvgIpc) is 2.77. The molecule has 4 heteroatoms. The number of nitrogens with two attached hydrogens (primary N) is 1. The first-order chi connectivity index (χ1) is 9.24. The Balaban J connectivity index is 2.21. The Bertz CT molecular complexity index is 537. The highest BCUT2D eigenvalue weighted by Crippen LogP contribution is 2.35. The van der Waals surface area contributed by atoms with Crippen LogP contribution in [0.4, 0.5) is 5.88 Å². The van der Waals surface area contributed by atoms with Crippen molar-refractivity contribution >= 4 is 21.8 Å². The van der Waals surface area contributed by atoms with Crippen molar-refractivity contribution in [3.63, 3.8) is 0 Å². The predicted octanol–water partition coefficient (Wildman–Crippen LogP) is 4.81. The first-order valence-corrected chi connectivity index (χ1v) is 7.52. The van der Waals surface area contributed by atoms with Gasteiger partial charge in [-0.05, 0) is 18.9 Å². The van der Waals surface area contributed by atoms with Crippen molar-refractivity contribution in [2.24, 2.45) is 0 Å². The van der Waals surface area contributed by atoms with Gasteiger partial charge in [-0.1, -0.05) is 65.5 Å². The molecular weight excluding hydrogens is 304 g/mol. The van der Waals surface area contributed by atoms with E-state index in [9.17, 15) is 0 Å². The fourth-order valence-electron chi connectivity index (χ4n) is 2.18. The van der Waals surface area contributed by atoms with Crippen LogP contribution < -0.4 is 5.73 Å². The summed E-state index contributed by atoms with van der Waals surface area (Å²) in [4.78, 5) is 0. The Labute approximate surface area is 122 Å². The zero-order chi connectivity index (χ0) is 13.7. The maximum atomic E-state index is 5.92. The van der Waals surface area contributed by atoms with E-state index in [0.717, 1.165) is 34.1 Å². The zero-order valence-electron chi connectivity index (χ0n) is 11.2. The fraction of sp³-hybridized carbons (Fsp3) is 0.400. The van der Waals surface area contributed by atoms with Gasteiger partial charge in [-0.25, -0.2) is 0 Å². The number of benzene rings is 1. The fourth-order valence-corrected chi connectivity index (χ4v) is 2.66. The number of hydrogen-bond acceptors (Lipinski definition) is 3. The average molecular weight is 323 g/mol. The summed E-state index contributed by atoms with van der Waals surface area (Å²) in [7, 11) is 0. The molecule has 1 heterocycles. The van der Waals surface area contributed by atoms with Gasteiger partial charge >= 0.3 is 0 Å². The molecule has 0 radical (unpaired) electrons. The number of nitrogen functional groups attached to an aromatic ring is 1. The molecule has 0 aliphatic carbocycles. The number of halogens is 1. The van der Waals surface area contributed by atoms with E-state index in [1.165, 1.54) is 19.3 Å². The summed E-state index contributed by atoms with van der Waals surface area (Å²) < 4.78 is 6.18. The molecule has 0 unspecified atom stereocenters. The lowest BCUT2D eigenvalue weighted by Gasteiger charge is -2.05. The Morgan fingerprint density at radius 1 is 1.21 bits per heavy atom. The normalized spacial score (nSPS) is 10.8. The van der Waals surface area contributed by atoms with Gasteiger partial charge in [0.25, 0.3) is 0 Å². The van der Waals surface area contributed by atoms with Crippen LogP contribution in [0.2, 0.25) is 0 Å². The van der Waals surface area contributed by atoms with Crippen molar-refractivity contribution < 1.29 is 4.52 Å². The first kappa shape index (κ1) is 14.1. The van der Waals surface area contributed by atoms with E-state index in [1.54, 1.807) is 0 Å². The summed E-state index contributed by atoms with van der Waals surface area (Å²) in [6.07, 6.45) is 5.75. The van der Waals surface area contributed by atoms with Crippen LogP contribution in [-0.2, 0) is 6.42 Å². The number of hydrogen-bond donors (Lipinski definition) is 1. The molecule has 3 nitrogen and oxygen atoms in total. The molecule has 2 aromatic rings. The minimum Gasteiger partial charge on any atom is -0.367 e. The maximum absolute atomic E-state index is 5.92. The molecule has 0 bridgehead atoms. The van der Waals surface area contributed by atoms with Crippen molar-refractivity contribution in [2.45, 2.75) is 39.0 Å². The Morgan fingerprint density at radius 2 is 2.00 bits per heavy atom. The van der Waals surface area contributed by atoms with Gasteiger partial charge in [-0.3, -0.25) is 0 Å². The molecule has 0 amide bonds. The van der Waals surface area contributed by atoms with Gasteiger partial charge < -0.3 is 10.3 Å². The van der Waals surface area contributed by atoms with Crippen LogP contribution in [-0.4, -0.2) is 5.16 Å². The van der Waals surface area contributed by atoms with Gasteiger partial charge in [0, 0.05) is 10.0 Å². The Hall–Kier alpha value is -1.29. The molecule has 2 rings (SSSR count). The van der Waals surface area contributed by atoms with Crippen LogP contribution >= 0.6 is 15.9 Å². The SMILES string of the molecule is CCCCCCc1noc(N)c1-c1ccccc1Br. The van der Waals surface area contributed by atoms with Crippen LogP contribution in [0.3, 0.4) is 0 Å². The molecule has 0 fully saturated rings. The molecule has 2 N–H and O–H groups in total. The van der Waals surface area contributed by atoms with Gasteiger partial charge in [-0.15, -0.1) is 0 Å². The highest BCUT2D eigenvalue weighted by atomic mass is 79.9. The number of rotatable bonds is 6. The standard InChI is InChI=1S/C15H19BrN2O/c1-2-3-4-5-10-13-14(15(17)19-18-13)11-8-6-7-9-12(11)16/h6-9H,2-5,10,17H2,1H3. The van der Waals surface area contributed by atoms with Gasteiger partial charge in [0.1, 0.15) is 0 Å². The van der Waals surface area contributed by atoms with Crippen molar-refractivity contribution in [3.8, 4) is 11.1 Å². The van der Waals surface area contributed by atoms with Crippen molar-refractivity contribution in [1.29, 1.82) is 0 Å². The smallest absolute Gasteiger partial charge is 0.230 e. The quantitative estimate of drug-likeness (QED) is 0.776. The van der Waals surface area contributed by atoms with Gasteiger partial charge in [0.15, 0.2) is 0 Å². The number of nitrogens with zero attached hydrogens (tertiary/aromatic N) is 1. The summed E-state index contributed by atoms with van der Waals surface area (Å²) >= 11 is 3.55. The summed E-state index contributed by atoms with van der Waals surface area (Å²) in [6, 6.07) is 8.01. The van der Waals surface area contributed by atoms with Crippen molar-refractivity contribution in [2.75, 3.05) is 5.73 Å². The second-order valence-electron chi connectivity index (χ2n) is 4.66. The zero-order valence-corrected chi connectivity index (χ0v) is 12.7. The van der Waals surface area contributed by atoms with Gasteiger partial charge in [0.05, 0.1) is 11.3 Å². The lowest BCUT2D eigenvalue weighted by Crippen LogP contribution is -1.92. The largest absolute Gasteiger partial charge is 0.367 e. The van der Waals surface area contributed by atoms with Crippen LogP contribution in [0.5, 0.6) is 0 Å². The maximum Gasteiger partial charge on any atom is 0.230 e. The second kappa shape index (κ2) is 6.75. The summed E-state index contributed by atoms with van der Waals surface area (Å²) in [6.45, 7) is 2.21. The van der Waals surface area contributed by atoms with Crippen LogP contribution in [0, 0.1) is 0 Å². The lowest BCUT2D eigenvalue weighted by molar-refractivity contribution is 0.426. The Morgan fingerprint density at radius 3 is 2.74 bits per heavy atom. The van der Waals surface area contributed by atoms with Crippen molar-refractivity contribution in [1.82, 2.24) is 5.16 Å². The monoisotopic (exact) mass is 322 g/mol. The minimum atomic E-state index is 0.400. The van der Waals surface area contributed by atoms with Gasteiger partial charge in [0.2, 0.25) is 5.88 Å². The molecule has 0 spiro atoms. The molecule has 0 atom stereocenters. The summed E-state index contributed by atoms with van der Waals surface area (Å²) in [5.74, 6) is 0.400. The molecule has 0 saturated heterocycles. The predicted molar refractivity (Wildman–Crippen MR) is 81.9 cm³/mol. The van der Waals surface area contributed by atoms with E-state index in [4.69, 9.17) is 10.3 Å². The number of unbranched alkanes of at least 4 members (excludes halogenated alkanes) is 3. The third kappa shape index (κ3) is 3.38. The van der Waals surface area contributed by atoms with E-state index in [0.29, 0.717) is 5.88 Å². The van der Waals surface area contributed by atoms with Crippen LogP contribution in [0.1, 0.15) is 38.3 Å². The van der Waals surface area contributed by atoms with E-state index < -0.39 is 0 Å². The van der Waals surface area contributed by atoms with Crippen molar-refractivity contribution in [3.05, 3.63) is 34.4 Å². The topological polar surface area (TPSA) is 52.0 Å². The molecule has 1 aromatic heterocycles. The third-order valence-corrected chi connectivity index (χ3v) is 3.89. The molecule has 0 saturated carbocycles. The van der Waals surface area contributed by atoms with Gasteiger partial charge in [-0.2, -0.15) is 0 Å².